The van der Waals surface area contributed by atoms with Crippen LogP contribution in [-0.2, 0) is 11.3 Å². The van der Waals surface area contributed by atoms with Crippen LogP contribution in [-0.4, -0.2) is 37.1 Å². The highest BCUT2D eigenvalue weighted by Gasteiger charge is 2.12. The van der Waals surface area contributed by atoms with E-state index < -0.39 is 13.1 Å². The predicted molar refractivity (Wildman–Crippen MR) is 128 cm³/mol. The van der Waals surface area contributed by atoms with Crippen molar-refractivity contribution < 1.29 is 19.3 Å². The van der Waals surface area contributed by atoms with Crippen molar-refractivity contribution in [2.45, 2.75) is 13.4 Å². The Hall–Kier alpha value is -3.63. The molecular formula is C22H23BN4O4S. The third-order valence-electron chi connectivity index (χ3n) is 4.25. The maximum absolute atomic E-state index is 12.3. The Balaban J connectivity index is 1.69. The summed E-state index contributed by atoms with van der Waals surface area (Å²) in [5.74, 6) is -0.281. The van der Waals surface area contributed by atoms with Crippen LogP contribution in [0.15, 0.2) is 71.6 Å². The van der Waals surface area contributed by atoms with Crippen LogP contribution in [0.2, 0.25) is 6.82 Å². The largest absolute Gasteiger partial charge is 0.465 e. The molecule has 0 aliphatic carbocycles. The molecule has 1 heterocycles. The van der Waals surface area contributed by atoms with E-state index in [4.69, 9.17) is 4.74 Å². The smallest absolute Gasteiger partial charge is 0.431 e. The fourth-order valence-corrected chi connectivity index (χ4v) is 3.72. The zero-order valence-electron chi connectivity index (χ0n) is 17.7. The van der Waals surface area contributed by atoms with Crippen molar-refractivity contribution in [3.05, 3.63) is 77.2 Å². The van der Waals surface area contributed by atoms with E-state index in [2.05, 4.69) is 20.9 Å². The Morgan fingerprint density at radius 1 is 1.09 bits per heavy atom. The minimum atomic E-state index is -1.02. The highest BCUT2D eigenvalue weighted by molar-refractivity contribution is 7.17. The van der Waals surface area contributed by atoms with Crippen molar-refractivity contribution in [2.75, 3.05) is 12.4 Å². The van der Waals surface area contributed by atoms with Crippen molar-refractivity contribution in [1.82, 2.24) is 10.6 Å². The maximum atomic E-state index is 12.3. The third kappa shape index (κ3) is 6.69. The van der Waals surface area contributed by atoms with Gasteiger partial charge in [0.05, 0.1) is 7.11 Å². The van der Waals surface area contributed by atoms with E-state index >= 15 is 0 Å². The molecule has 1 aromatic heterocycles. The molecule has 0 fully saturated rings. The summed E-state index contributed by atoms with van der Waals surface area (Å²) >= 11 is 1.32. The molecule has 0 saturated heterocycles. The average molecular weight is 450 g/mol. The first-order valence-electron chi connectivity index (χ1n) is 9.85. The van der Waals surface area contributed by atoms with E-state index in [0.29, 0.717) is 17.1 Å². The Morgan fingerprint density at radius 2 is 1.88 bits per heavy atom. The van der Waals surface area contributed by atoms with Gasteiger partial charge >= 0.3 is 19.1 Å². The summed E-state index contributed by atoms with van der Waals surface area (Å²) in [4.78, 5) is 29.5. The Kier molecular flexibility index (Phi) is 8.01. The number of rotatable bonds is 6. The molecule has 3 rings (SSSR count). The quantitative estimate of drug-likeness (QED) is 0.199. The number of nitrogens with zero attached hydrogens (tertiary/aromatic N) is 1. The van der Waals surface area contributed by atoms with Crippen molar-refractivity contribution in [1.29, 1.82) is 0 Å². The van der Waals surface area contributed by atoms with Gasteiger partial charge in [0.15, 0.2) is 5.96 Å². The van der Waals surface area contributed by atoms with Gasteiger partial charge in [-0.2, -0.15) is 0 Å². The fraction of sp³-hybridized carbons (Fsp3) is 0.136. The number of hydrogen-bond acceptors (Lipinski definition) is 6. The Morgan fingerprint density at radius 3 is 2.59 bits per heavy atom. The minimum Gasteiger partial charge on any atom is -0.465 e. The van der Waals surface area contributed by atoms with Crippen LogP contribution in [0.25, 0.3) is 10.4 Å². The van der Waals surface area contributed by atoms with Gasteiger partial charge in [-0.15, -0.1) is 11.3 Å². The van der Waals surface area contributed by atoms with E-state index in [0.717, 1.165) is 16.0 Å². The molecule has 0 saturated carbocycles. The monoisotopic (exact) mass is 450 g/mol. The van der Waals surface area contributed by atoms with Gasteiger partial charge in [0.1, 0.15) is 4.88 Å². The van der Waals surface area contributed by atoms with Crippen LogP contribution in [0, 0.1) is 0 Å². The molecule has 0 bridgehead atoms. The number of thiophene rings is 1. The Labute approximate surface area is 190 Å². The standard InChI is InChI=1S/C22H23BN4O4S/c1-23(30)27-21(26-22(29)24-14-15-7-4-3-5-8-15)25-17-10-6-9-16(13-17)18-11-12-19(32-18)20(28)31-2/h3-13,30H,14H2,1-2H3,(H3,24,25,26,27,29). The molecule has 2 amide bonds. The lowest BCUT2D eigenvalue weighted by molar-refractivity contribution is 0.0606. The molecule has 3 aromatic rings. The molecule has 0 aliphatic heterocycles. The number of nitrogens with one attached hydrogen (secondary N) is 3. The molecule has 2 aromatic carbocycles. The molecule has 0 atom stereocenters. The van der Waals surface area contributed by atoms with Gasteiger partial charge in [0, 0.05) is 17.1 Å². The van der Waals surface area contributed by atoms with Crippen LogP contribution in [0.1, 0.15) is 15.2 Å². The van der Waals surface area contributed by atoms with E-state index in [1.807, 2.05) is 54.6 Å². The molecule has 164 valence electrons. The molecule has 4 N–H and O–H groups in total. The van der Waals surface area contributed by atoms with Gasteiger partial charge < -0.3 is 20.4 Å². The molecule has 10 heteroatoms. The lowest BCUT2D eigenvalue weighted by Crippen LogP contribution is -2.43. The Bertz CT molecular complexity index is 1100. The van der Waals surface area contributed by atoms with Gasteiger partial charge in [0.25, 0.3) is 0 Å². The number of ether oxygens (including phenoxy) is 1. The maximum Gasteiger partial charge on any atom is 0.431 e. The summed E-state index contributed by atoms with van der Waals surface area (Å²) in [6, 6.07) is 20.0. The van der Waals surface area contributed by atoms with Crippen LogP contribution < -0.4 is 16.0 Å². The molecule has 0 unspecified atom stereocenters. The summed E-state index contributed by atoms with van der Waals surface area (Å²) in [6.07, 6.45) is 0. The van der Waals surface area contributed by atoms with Gasteiger partial charge in [-0.1, -0.05) is 42.5 Å². The normalized spacial score (nSPS) is 10.9. The summed E-state index contributed by atoms with van der Waals surface area (Å²) in [5, 5.41) is 18.1. The summed E-state index contributed by atoms with van der Waals surface area (Å²) < 4.78 is 4.76. The SMILES string of the molecule is COC(=O)c1ccc(-c2cccc(N/C(=N/B(C)O)NC(=O)NCc3ccccc3)c2)s1. The highest BCUT2D eigenvalue weighted by Crippen LogP contribution is 2.30. The predicted octanol–water partition coefficient (Wildman–Crippen LogP) is 3.58. The average Bonchev–Trinajstić information content (AvgIpc) is 3.28. The molecule has 32 heavy (non-hydrogen) atoms. The minimum absolute atomic E-state index is 0.101. The molecule has 0 aliphatic rings. The number of carbonyl (C=O) groups is 2. The molecule has 8 nitrogen and oxygen atoms in total. The van der Waals surface area contributed by atoms with Gasteiger partial charge in [0.2, 0.25) is 0 Å². The first-order chi connectivity index (χ1) is 15.4. The van der Waals surface area contributed by atoms with Crippen molar-refractivity contribution in [3.63, 3.8) is 0 Å². The number of anilines is 1. The summed E-state index contributed by atoms with van der Waals surface area (Å²) in [5.41, 5.74) is 2.48. The summed E-state index contributed by atoms with van der Waals surface area (Å²) in [6.45, 7) is 1.84. The number of carbonyl (C=O) groups excluding carboxylic acids is 2. The zero-order chi connectivity index (χ0) is 22.9. The molecule has 0 radical (unpaired) electrons. The molecule has 0 spiro atoms. The number of guanidine groups is 1. The van der Waals surface area contributed by atoms with E-state index in [1.165, 1.54) is 25.3 Å². The van der Waals surface area contributed by atoms with E-state index in [9.17, 15) is 14.6 Å². The number of esters is 1. The second kappa shape index (κ2) is 11.1. The van der Waals surface area contributed by atoms with Gasteiger partial charge in [-0.25, -0.2) is 9.59 Å². The first kappa shape index (κ1) is 23.0. The van der Waals surface area contributed by atoms with Gasteiger partial charge in [-0.05, 0) is 42.2 Å². The number of benzene rings is 2. The lowest BCUT2D eigenvalue weighted by Gasteiger charge is -2.14. The van der Waals surface area contributed by atoms with Crippen molar-refractivity contribution >= 4 is 42.0 Å². The fourth-order valence-electron chi connectivity index (χ4n) is 2.80. The van der Waals surface area contributed by atoms with Crippen molar-refractivity contribution in [3.8, 4) is 10.4 Å². The first-order valence-corrected chi connectivity index (χ1v) is 10.7. The van der Waals surface area contributed by atoms with Crippen LogP contribution in [0.5, 0.6) is 0 Å². The van der Waals surface area contributed by atoms with Crippen molar-refractivity contribution in [2.24, 2.45) is 4.90 Å². The second-order valence-electron chi connectivity index (χ2n) is 6.76. The highest BCUT2D eigenvalue weighted by atomic mass is 32.1. The van der Waals surface area contributed by atoms with Crippen LogP contribution in [0.3, 0.4) is 0 Å². The molecular weight excluding hydrogens is 427 g/mol. The summed E-state index contributed by atoms with van der Waals surface area (Å²) in [7, 11) is 0.327. The number of methoxy groups -OCH3 is 1. The number of amides is 2. The van der Waals surface area contributed by atoms with Crippen LogP contribution in [0.4, 0.5) is 10.5 Å². The van der Waals surface area contributed by atoms with E-state index in [-0.39, 0.29) is 11.9 Å². The van der Waals surface area contributed by atoms with E-state index in [1.54, 1.807) is 12.1 Å². The third-order valence-corrected chi connectivity index (χ3v) is 5.36. The second-order valence-corrected chi connectivity index (χ2v) is 7.85. The number of urea groups is 1. The van der Waals surface area contributed by atoms with Crippen LogP contribution >= 0.6 is 11.3 Å². The zero-order valence-corrected chi connectivity index (χ0v) is 18.5. The number of hydrogen-bond donors (Lipinski definition) is 4. The lowest BCUT2D eigenvalue weighted by atomic mass is 9.91. The van der Waals surface area contributed by atoms with Gasteiger partial charge in [-0.3, -0.25) is 10.2 Å². The topological polar surface area (TPSA) is 112 Å².